The van der Waals surface area contributed by atoms with Crippen molar-refractivity contribution in [3.05, 3.63) is 35.7 Å². The third-order valence-electron chi connectivity index (χ3n) is 5.02. The second-order valence-electron chi connectivity index (χ2n) is 7.66. The van der Waals surface area contributed by atoms with Crippen LogP contribution in [0.1, 0.15) is 59.4 Å². The lowest BCUT2D eigenvalue weighted by Gasteiger charge is -2.19. The third kappa shape index (κ3) is 6.85. The Labute approximate surface area is 181 Å². The van der Waals surface area contributed by atoms with Gasteiger partial charge in [0.1, 0.15) is 17.1 Å². The third-order valence-corrected chi connectivity index (χ3v) is 5.02. The van der Waals surface area contributed by atoms with E-state index in [0.717, 1.165) is 32.1 Å². The molecule has 0 aliphatic heterocycles. The number of amides is 2. The van der Waals surface area contributed by atoms with Gasteiger partial charge in [0.2, 0.25) is 0 Å². The van der Waals surface area contributed by atoms with Gasteiger partial charge in [-0.25, -0.2) is 0 Å². The molecule has 1 aliphatic carbocycles. The first-order chi connectivity index (χ1) is 15.1. The van der Waals surface area contributed by atoms with Crippen LogP contribution in [0.5, 0.6) is 5.75 Å². The van der Waals surface area contributed by atoms with Crippen LogP contribution in [0.15, 0.2) is 24.4 Å². The van der Waals surface area contributed by atoms with Gasteiger partial charge in [-0.15, -0.1) is 0 Å². The van der Waals surface area contributed by atoms with Gasteiger partial charge in [-0.2, -0.15) is 0 Å². The molecular weight excluding hydrogens is 403 g/mol. The molecule has 1 aromatic carbocycles. The molecule has 170 valence electrons. The molecule has 3 N–H and O–H groups in total. The van der Waals surface area contributed by atoms with Crippen molar-refractivity contribution >= 4 is 11.8 Å². The summed E-state index contributed by atoms with van der Waals surface area (Å²) in [6.07, 6.45) is 6.83. The molecule has 1 heterocycles. The number of unbranched alkanes of at least 4 members (excludes halogenated alkanes) is 3. The van der Waals surface area contributed by atoms with Gasteiger partial charge in [0.05, 0.1) is 26.1 Å². The molecule has 8 nitrogen and oxygen atoms in total. The predicted molar refractivity (Wildman–Crippen MR) is 115 cm³/mol. The average Bonchev–Trinajstić information content (AvgIpc) is 3.54. The summed E-state index contributed by atoms with van der Waals surface area (Å²) in [4.78, 5) is 24.5. The molecule has 0 atom stereocenters. The van der Waals surface area contributed by atoms with E-state index in [1.54, 1.807) is 36.2 Å². The standard InChI is InChI=1S/C22H31FN4O4/c1-30-13-11-24-21(28)16-6-9-19(20(14-16)31-12-5-3-2-4-10-23)27-15-18(26-27)22(29)25-17-7-8-17/h6,9,14-15,17,26H,2-5,7-8,10-13H2,1H3,(H,24,28)(H,25,29). The van der Waals surface area contributed by atoms with Gasteiger partial charge in [-0.3, -0.25) is 23.8 Å². The molecule has 0 spiro atoms. The summed E-state index contributed by atoms with van der Waals surface area (Å²) in [5.74, 6) is 0.200. The topological polar surface area (TPSA) is 97.4 Å². The lowest BCUT2D eigenvalue weighted by atomic mass is 10.1. The molecule has 3 rings (SSSR count). The maximum Gasteiger partial charge on any atom is 0.271 e. The van der Waals surface area contributed by atoms with Crippen molar-refractivity contribution in [3.8, 4) is 11.4 Å². The van der Waals surface area contributed by atoms with Gasteiger partial charge in [0.15, 0.2) is 0 Å². The fourth-order valence-corrected chi connectivity index (χ4v) is 3.05. The first-order valence-corrected chi connectivity index (χ1v) is 10.8. The van der Waals surface area contributed by atoms with E-state index in [0.29, 0.717) is 48.9 Å². The molecule has 2 aromatic rings. The molecule has 0 unspecified atom stereocenters. The number of H-pyrrole nitrogens is 1. The summed E-state index contributed by atoms with van der Waals surface area (Å²) < 4.78 is 24.8. The molecule has 0 saturated heterocycles. The Morgan fingerprint density at radius 3 is 2.65 bits per heavy atom. The zero-order valence-electron chi connectivity index (χ0n) is 17.9. The highest BCUT2D eigenvalue weighted by Crippen LogP contribution is 2.26. The van der Waals surface area contributed by atoms with Gasteiger partial charge in [0, 0.05) is 25.3 Å². The number of rotatable bonds is 14. The van der Waals surface area contributed by atoms with Crippen molar-refractivity contribution in [2.75, 3.05) is 33.5 Å². The van der Waals surface area contributed by atoms with Crippen molar-refractivity contribution in [1.82, 2.24) is 20.4 Å². The van der Waals surface area contributed by atoms with Gasteiger partial charge < -0.3 is 20.1 Å². The van der Waals surface area contributed by atoms with Crippen LogP contribution in [-0.4, -0.2) is 61.2 Å². The fraction of sp³-hybridized carbons (Fsp3) is 0.545. The van der Waals surface area contributed by atoms with Crippen molar-refractivity contribution in [2.45, 2.75) is 44.6 Å². The Kier molecular flexibility index (Phi) is 8.52. The van der Waals surface area contributed by atoms with E-state index in [1.807, 2.05) is 0 Å². The zero-order valence-corrected chi connectivity index (χ0v) is 17.9. The van der Waals surface area contributed by atoms with Crippen molar-refractivity contribution in [1.29, 1.82) is 0 Å². The van der Waals surface area contributed by atoms with E-state index in [4.69, 9.17) is 9.47 Å². The van der Waals surface area contributed by atoms with Crippen molar-refractivity contribution < 1.29 is 23.5 Å². The van der Waals surface area contributed by atoms with E-state index in [-0.39, 0.29) is 24.5 Å². The highest BCUT2D eigenvalue weighted by molar-refractivity contribution is 5.95. The van der Waals surface area contributed by atoms with E-state index < -0.39 is 0 Å². The molecule has 2 amide bonds. The van der Waals surface area contributed by atoms with Crippen molar-refractivity contribution in [3.63, 3.8) is 0 Å². The number of nitrogens with zero attached hydrogens (tertiary/aromatic N) is 1. The Hall–Kier alpha value is -2.81. The summed E-state index contributed by atoms with van der Waals surface area (Å²) >= 11 is 0. The minimum absolute atomic E-state index is 0.122. The van der Waals surface area contributed by atoms with Crippen LogP contribution < -0.4 is 15.4 Å². The summed E-state index contributed by atoms with van der Waals surface area (Å²) in [5, 5.41) is 8.75. The number of aromatic nitrogens is 2. The lowest BCUT2D eigenvalue weighted by Crippen LogP contribution is -2.30. The second-order valence-corrected chi connectivity index (χ2v) is 7.66. The number of carbonyl (C=O) groups is 2. The number of hydrogen-bond acceptors (Lipinski definition) is 4. The zero-order chi connectivity index (χ0) is 22.1. The molecule has 0 bridgehead atoms. The number of methoxy groups -OCH3 is 1. The minimum atomic E-state index is -0.297. The van der Waals surface area contributed by atoms with E-state index in [1.165, 1.54) is 0 Å². The normalized spacial score (nSPS) is 13.2. The highest BCUT2D eigenvalue weighted by Gasteiger charge is 2.25. The van der Waals surface area contributed by atoms with Crippen LogP contribution in [0.2, 0.25) is 0 Å². The maximum absolute atomic E-state index is 12.4. The molecule has 9 heteroatoms. The van der Waals surface area contributed by atoms with Gasteiger partial charge >= 0.3 is 0 Å². The Morgan fingerprint density at radius 1 is 1.16 bits per heavy atom. The van der Waals surface area contributed by atoms with Gasteiger partial charge in [-0.1, -0.05) is 6.42 Å². The van der Waals surface area contributed by atoms with Crippen LogP contribution in [0.4, 0.5) is 4.39 Å². The number of benzene rings is 1. The smallest absolute Gasteiger partial charge is 0.271 e. The molecule has 1 aliphatic rings. The summed E-state index contributed by atoms with van der Waals surface area (Å²) in [7, 11) is 1.58. The summed E-state index contributed by atoms with van der Waals surface area (Å²) in [6.45, 7) is 1.01. The van der Waals surface area contributed by atoms with Crippen LogP contribution >= 0.6 is 0 Å². The number of halogens is 1. The largest absolute Gasteiger partial charge is 0.491 e. The number of aromatic amines is 1. The molecule has 1 fully saturated rings. The molecule has 31 heavy (non-hydrogen) atoms. The number of hydrogen-bond donors (Lipinski definition) is 3. The first-order valence-electron chi connectivity index (χ1n) is 10.8. The SMILES string of the molecule is COCCNC(=O)c1ccc(-n2cc(C(=O)NC3CC3)[nH]2)c(OCCCCCCF)c1. The lowest BCUT2D eigenvalue weighted by molar-refractivity contribution is 0.0931. The monoisotopic (exact) mass is 434 g/mol. The Balaban J connectivity index is 1.67. The second kappa shape index (κ2) is 11.5. The maximum atomic E-state index is 12.4. The number of carbonyl (C=O) groups excluding carboxylic acids is 2. The van der Waals surface area contributed by atoms with E-state index in [9.17, 15) is 14.0 Å². The number of nitrogens with one attached hydrogen (secondary N) is 3. The van der Waals surface area contributed by atoms with Crippen LogP contribution in [0, 0.1) is 0 Å². The number of alkyl halides is 1. The minimum Gasteiger partial charge on any atom is -0.491 e. The average molecular weight is 435 g/mol. The molecular formula is C22H31FN4O4. The number of ether oxygens (including phenoxy) is 2. The fourth-order valence-electron chi connectivity index (χ4n) is 3.05. The van der Waals surface area contributed by atoms with Crippen molar-refractivity contribution in [2.24, 2.45) is 0 Å². The van der Waals surface area contributed by atoms with Crippen LogP contribution in [0.25, 0.3) is 5.69 Å². The van der Waals surface area contributed by atoms with E-state index >= 15 is 0 Å². The summed E-state index contributed by atoms with van der Waals surface area (Å²) in [6, 6.07) is 5.47. The quantitative estimate of drug-likeness (QED) is 0.398. The molecule has 1 saturated carbocycles. The van der Waals surface area contributed by atoms with Crippen LogP contribution in [0.3, 0.4) is 0 Å². The summed E-state index contributed by atoms with van der Waals surface area (Å²) in [5.41, 5.74) is 1.68. The Bertz CT molecular complexity index is 848. The van der Waals surface area contributed by atoms with Gasteiger partial charge in [0.25, 0.3) is 11.8 Å². The van der Waals surface area contributed by atoms with Gasteiger partial charge in [-0.05, 0) is 50.3 Å². The molecule has 1 aromatic heterocycles. The first kappa shape index (κ1) is 22.9. The highest BCUT2D eigenvalue weighted by atomic mass is 19.1. The predicted octanol–water partition coefficient (Wildman–Crippen LogP) is 2.98. The van der Waals surface area contributed by atoms with E-state index in [2.05, 4.69) is 15.7 Å². The Morgan fingerprint density at radius 2 is 1.94 bits per heavy atom. The van der Waals surface area contributed by atoms with Crippen LogP contribution in [-0.2, 0) is 4.74 Å². The molecule has 0 radical (unpaired) electrons.